The van der Waals surface area contributed by atoms with Crippen molar-refractivity contribution in [2.75, 3.05) is 18.5 Å². The van der Waals surface area contributed by atoms with Crippen molar-refractivity contribution in [3.05, 3.63) is 72.3 Å². The van der Waals surface area contributed by atoms with Crippen molar-refractivity contribution < 1.29 is 14.3 Å². The second-order valence-electron chi connectivity index (χ2n) is 6.23. The molecule has 142 valence electrons. The maximum absolute atomic E-state index is 12.3. The van der Waals surface area contributed by atoms with Crippen LogP contribution in [-0.4, -0.2) is 25.0 Å². The summed E-state index contributed by atoms with van der Waals surface area (Å²) in [7, 11) is 0. The minimum Gasteiger partial charge on any atom is -0.483 e. The lowest BCUT2D eigenvalue weighted by atomic mass is 9.98. The molecule has 0 spiro atoms. The Morgan fingerprint density at radius 1 is 1.15 bits per heavy atom. The maximum atomic E-state index is 12.3. The van der Waals surface area contributed by atoms with Crippen LogP contribution < -0.4 is 15.4 Å². The Hall–Kier alpha value is -3.08. The van der Waals surface area contributed by atoms with E-state index in [2.05, 4.69) is 31.1 Å². The van der Waals surface area contributed by atoms with Crippen molar-refractivity contribution in [1.82, 2.24) is 5.32 Å². The van der Waals surface area contributed by atoms with Crippen LogP contribution in [0.15, 0.2) is 61.2 Å². The standard InChI is InChI=1S/C22H26N2O3/c1-4-14-23-22(26)18-11-6-8-12-19(18)24-21(25)15-27-20-13-9-7-10-17(20)16(3)5-2/h4,6-13,16H,1,5,14-15H2,2-3H3,(H,23,26)(H,24,25). The van der Waals surface area contributed by atoms with Crippen LogP contribution in [0.1, 0.15) is 42.1 Å². The predicted molar refractivity (Wildman–Crippen MR) is 108 cm³/mol. The average Bonchev–Trinajstić information content (AvgIpc) is 2.70. The summed E-state index contributed by atoms with van der Waals surface area (Å²) >= 11 is 0. The second kappa shape index (κ2) is 10.2. The Kier molecular flexibility index (Phi) is 7.62. The highest BCUT2D eigenvalue weighted by atomic mass is 16.5. The number of anilines is 1. The lowest BCUT2D eigenvalue weighted by Gasteiger charge is -2.16. The first kappa shape index (κ1) is 20.2. The fourth-order valence-corrected chi connectivity index (χ4v) is 2.62. The van der Waals surface area contributed by atoms with Crippen LogP contribution in [0.4, 0.5) is 5.69 Å². The van der Waals surface area contributed by atoms with Gasteiger partial charge in [-0.25, -0.2) is 0 Å². The first-order chi connectivity index (χ1) is 13.1. The second-order valence-corrected chi connectivity index (χ2v) is 6.23. The van der Waals surface area contributed by atoms with Gasteiger partial charge in [0.2, 0.25) is 0 Å². The summed E-state index contributed by atoms with van der Waals surface area (Å²) in [5.41, 5.74) is 1.92. The van der Waals surface area contributed by atoms with Gasteiger partial charge in [0, 0.05) is 6.54 Å². The van der Waals surface area contributed by atoms with Gasteiger partial charge in [0.15, 0.2) is 6.61 Å². The molecule has 1 unspecified atom stereocenters. The Morgan fingerprint density at radius 2 is 1.85 bits per heavy atom. The third-order valence-electron chi connectivity index (χ3n) is 4.27. The Labute approximate surface area is 160 Å². The van der Waals surface area contributed by atoms with Gasteiger partial charge in [0.1, 0.15) is 5.75 Å². The molecule has 0 heterocycles. The first-order valence-corrected chi connectivity index (χ1v) is 9.06. The molecule has 0 saturated carbocycles. The summed E-state index contributed by atoms with van der Waals surface area (Å²) in [5.74, 6) is 0.462. The lowest BCUT2D eigenvalue weighted by molar-refractivity contribution is -0.118. The summed E-state index contributed by atoms with van der Waals surface area (Å²) in [6.45, 7) is 8.04. The van der Waals surface area contributed by atoms with Gasteiger partial charge < -0.3 is 15.4 Å². The van der Waals surface area contributed by atoms with Crippen LogP contribution in [0, 0.1) is 0 Å². The number of ether oxygens (including phenoxy) is 1. The number of carbonyl (C=O) groups is 2. The molecule has 2 rings (SSSR count). The van der Waals surface area contributed by atoms with Gasteiger partial charge in [0.25, 0.3) is 11.8 Å². The number of para-hydroxylation sites is 2. The molecule has 5 nitrogen and oxygen atoms in total. The van der Waals surface area contributed by atoms with Crippen LogP contribution in [0.3, 0.4) is 0 Å². The molecule has 2 aromatic rings. The number of nitrogens with one attached hydrogen (secondary N) is 2. The number of rotatable bonds is 9. The predicted octanol–water partition coefficient (Wildman–Crippen LogP) is 4.13. The van der Waals surface area contributed by atoms with E-state index in [1.165, 1.54) is 0 Å². The van der Waals surface area contributed by atoms with Crippen molar-refractivity contribution in [2.45, 2.75) is 26.2 Å². The molecule has 0 saturated heterocycles. The van der Waals surface area contributed by atoms with Crippen molar-refractivity contribution >= 4 is 17.5 Å². The average molecular weight is 366 g/mol. The van der Waals surface area contributed by atoms with Crippen LogP contribution in [0.25, 0.3) is 0 Å². The number of amides is 2. The molecule has 2 aromatic carbocycles. The Balaban J connectivity index is 2.03. The molecule has 2 amide bonds. The molecule has 0 aromatic heterocycles. The minimum absolute atomic E-state index is 0.129. The topological polar surface area (TPSA) is 67.4 Å². The normalized spacial score (nSPS) is 11.3. The van der Waals surface area contributed by atoms with E-state index in [0.29, 0.717) is 29.5 Å². The van der Waals surface area contributed by atoms with E-state index in [0.717, 1.165) is 12.0 Å². The van der Waals surface area contributed by atoms with Gasteiger partial charge in [-0.1, -0.05) is 50.3 Å². The van der Waals surface area contributed by atoms with Crippen molar-refractivity contribution in [1.29, 1.82) is 0 Å². The molecule has 0 aliphatic carbocycles. The fraction of sp³-hybridized carbons (Fsp3) is 0.273. The van der Waals surface area contributed by atoms with E-state index in [1.807, 2.05) is 24.3 Å². The van der Waals surface area contributed by atoms with Crippen molar-refractivity contribution in [2.24, 2.45) is 0 Å². The number of benzene rings is 2. The summed E-state index contributed by atoms with van der Waals surface area (Å²) in [6.07, 6.45) is 2.58. The van der Waals surface area contributed by atoms with E-state index >= 15 is 0 Å². The first-order valence-electron chi connectivity index (χ1n) is 9.06. The Bertz CT molecular complexity index is 802. The van der Waals surface area contributed by atoms with E-state index in [1.54, 1.807) is 30.3 Å². The molecule has 0 radical (unpaired) electrons. The molecule has 0 bridgehead atoms. The summed E-state index contributed by atoms with van der Waals surface area (Å²) in [6, 6.07) is 14.6. The lowest BCUT2D eigenvalue weighted by Crippen LogP contribution is -2.26. The quantitative estimate of drug-likeness (QED) is 0.656. The third-order valence-corrected chi connectivity index (χ3v) is 4.27. The van der Waals surface area contributed by atoms with Crippen LogP contribution >= 0.6 is 0 Å². The van der Waals surface area contributed by atoms with Gasteiger partial charge in [-0.15, -0.1) is 6.58 Å². The van der Waals surface area contributed by atoms with E-state index in [4.69, 9.17) is 4.74 Å². The van der Waals surface area contributed by atoms with Gasteiger partial charge in [-0.05, 0) is 36.1 Å². The summed E-state index contributed by atoms with van der Waals surface area (Å²) in [5, 5.41) is 5.46. The van der Waals surface area contributed by atoms with Gasteiger partial charge in [-0.3, -0.25) is 9.59 Å². The zero-order chi connectivity index (χ0) is 19.6. The highest BCUT2D eigenvalue weighted by molar-refractivity contribution is 6.04. The number of hydrogen-bond acceptors (Lipinski definition) is 3. The summed E-state index contributed by atoms with van der Waals surface area (Å²) in [4.78, 5) is 24.5. The molecule has 2 N–H and O–H groups in total. The zero-order valence-corrected chi connectivity index (χ0v) is 15.8. The third kappa shape index (κ3) is 5.71. The monoisotopic (exact) mass is 366 g/mol. The molecule has 27 heavy (non-hydrogen) atoms. The molecular formula is C22H26N2O3. The largest absolute Gasteiger partial charge is 0.483 e. The maximum Gasteiger partial charge on any atom is 0.262 e. The molecule has 0 aliphatic rings. The van der Waals surface area contributed by atoms with E-state index in [9.17, 15) is 9.59 Å². The van der Waals surface area contributed by atoms with Crippen LogP contribution in [0.2, 0.25) is 0 Å². The molecule has 0 fully saturated rings. The van der Waals surface area contributed by atoms with Crippen LogP contribution in [-0.2, 0) is 4.79 Å². The van der Waals surface area contributed by atoms with Gasteiger partial charge in [0.05, 0.1) is 11.3 Å². The van der Waals surface area contributed by atoms with Gasteiger partial charge in [-0.2, -0.15) is 0 Å². The number of hydrogen-bond donors (Lipinski definition) is 2. The zero-order valence-electron chi connectivity index (χ0n) is 15.8. The number of carbonyl (C=O) groups excluding carboxylic acids is 2. The molecule has 1 atom stereocenters. The summed E-state index contributed by atoms with van der Waals surface area (Å²) < 4.78 is 5.73. The van der Waals surface area contributed by atoms with Gasteiger partial charge >= 0.3 is 0 Å². The molecule has 0 aliphatic heterocycles. The van der Waals surface area contributed by atoms with Crippen LogP contribution in [0.5, 0.6) is 5.75 Å². The Morgan fingerprint density at radius 3 is 2.59 bits per heavy atom. The van der Waals surface area contributed by atoms with E-state index in [-0.39, 0.29) is 18.4 Å². The molecule has 5 heteroatoms. The minimum atomic E-state index is -0.321. The van der Waals surface area contributed by atoms with E-state index < -0.39 is 0 Å². The smallest absolute Gasteiger partial charge is 0.262 e. The van der Waals surface area contributed by atoms with Crippen molar-refractivity contribution in [3.63, 3.8) is 0 Å². The highest BCUT2D eigenvalue weighted by Crippen LogP contribution is 2.28. The molecular weight excluding hydrogens is 340 g/mol. The SMILES string of the molecule is C=CCNC(=O)c1ccccc1NC(=O)COc1ccccc1C(C)CC. The fourth-order valence-electron chi connectivity index (χ4n) is 2.62. The van der Waals surface area contributed by atoms with Crippen molar-refractivity contribution in [3.8, 4) is 5.75 Å². The highest BCUT2D eigenvalue weighted by Gasteiger charge is 2.14.